The summed E-state index contributed by atoms with van der Waals surface area (Å²) in [5, 5.41) is 19.0. The summed E-state index contributed by atoms with van der Waals surface area (Å²) in [5.41, 5.74) is -1.24. The van der Waals surface area contributed by atoms with Crippen molar-refractivity contribution in [3.63, 3.8) is 0 Å². The minimum atomic E-state index is -4.68. The van der Waals surface area contributed by atoms with E-state index in [0.717, 1.165) is 6.92 Å². The molecule has 0 aliphatic carbocycles. The van der Waals surface area contributed by atoms with Crippen molar-refractivity contribution in [3.05, 3.63) is 33.9 Å². The number of sulfonamides is 1. The standard InChI is InChI=1S/C9H8F2N2O6S/c1-4(9(14)15)12-20(18,19)8-3-7(13(16)17)5(10)2-6(8)11/h2-4,12H,1H3,(H,14,15). The first kappa shape index (κ1) is 15.9. The van der Waals surface area contributed by atoms with Gasteiger partial charge in [-0.15, -0.1) is 0 Å². The Hall–Kier alpha value is -2.14. The molecule has 1 unspecified atom stereocenters. The van der Waals surface area contributed by atoms with E-state index in [2.05, 4.69) is 0 Å². The number of benzene rings is 1. The van der Waals surface area contributed by atoms with Crippen LogP contribution >= 0.6 is 0 Å². The van der Waals surface area contributed by atoms with Gasteiger partial charge in [-0.3, -0.25) is 14.9 Å². The number of nitrogens with one attached hydrogen (secondary N) is 1. The zero-order valence-corrected chi connectivity index (χ0v) is 10.6. The van der Waals surface area contributed by atoms with Crippen molar-refractivity contribution in [1.29, 1.82) is 0 Å². The van der Waals surface area contributed by atoms with E-state index in [1.165, 1.54) is 0 Å². The number of hydrogen-bond donors (Lipinski definition) is 2. The average Bonchev–Trinajstić information content (AvgIpc) is 2.26. The molecule has 1 atom stereocenters. The summed E-state index contributed by atoms with van der Waals surface area (Å²) in [6.07, 6.45) is 0. The molecule has 0 fully saturated rings. The predicted molar refractivity (Wildman–Crippen MR) is 60.4 cm³/mol. The Morgan fingerprint density at radius 1 is 1.40 bits per heavy atom. The van der Waals surface area contributed by atoms with Gasteiger partial charge in [-0.2, -0.15) is 9.11 Å². The summed E-state index contributed by atoms with van der Waals surface area (Å²) in [6, 6.07) is -1.37. The van der Waals surface area contributed by atoms with E-state index in [0.29, 0.717) is 0 Å². The molecule has 2 N–H and O–H groups in total. The number of carboxylic acid groups (broad SMARTS) is 1. The Bertz CT molecular complexity index is 675. The topological polar surface area (TPSA) is 127 Å². The molecule has 0 aliphatic rings. The maximum atomic E-state index is 13.4. The van der Waals surface area contributed by atoms with Crippen molar-refractivity contribution in [2.45, 2.75) is 17.9 Å². The fourth-order valence-electron chi connectivity index (χ4n) is 1.21. The molecule has 1 aromatic rings. The van der Waals surface area contributed by atoms with E-state index < -0.39 is 49.2 Å². The summed E-state index contributed by atoms with van der Waals surface area (Å²) < 4.78 is 51.5. The average molecular weight is 310 g/mol. The molecular weight excluding hydrogens is 302 g/mol. The predicted octanol–water partition coefficient (Wildman–Crippen LogP) is 0.624. The van der Waals surface area contributed by atoms with Crippen LogP contribution in [0.3, 0.4) is 0 Å². The first-order valence-electron chi connectivity index (χ1n) is 4.95. The second-order valence-corrected chi connectivity index (χ2v) is 5.35. The molecule has 0 spiro atoms. The molecule has 0 heterocycles. The van der Waals surface area contributed by atoms with Crippen LogP contribution in [-0.2, 0) is 14.8 Å². The van der Waals surface area contributed by atoms with Gasteiger partial charge in [-0.25, -0.2) is 12.8 Å². The number of halogens is 2. The molecule has 20 heavy (non-hydrogen) atoms. The van der Waals surface area contributed by atoms with E-state index in [1.807, 2.05) is 0 Å². The van der Waals surface area contributed by atoms with Gasteiger partial charge in [0.1, 0.15) is 16.8 Å². The van der Waals surface area contributed by atoms with Gasteiger partial charge in [0.15, 0.2) is 0 Å². The summed E-state index contributed by atoms with van der Waals surface area (Å²) in [6.45, 7) is 0.968. The van der Waals surface area contributed by atoms with Crippen LogP contribution in [0.25, 0.3) is 0 Å². The first-order chi connectivity index (χ1) is 9.06. The molecular formula is C9H8F2N2O6S. The van der Waals surface area contributed by atoms with Crippen molar-refractivity contribution in [3.8, 4) is 0 Å². The van der Waals surface area contributed by atoms with Gasteiger partial charge in [0.2, 0.25) is 15.8 Å². The van der Waals surface area contributed by atoms with Crippen LogP contribution in [0.15, 0.2) is 17.0 Å². The molecule has 0 bridgehead atoms. The quantitative estimate of drug-likeness (QED) is 0.606. The fourth-order valence-corrected chi connectivity index (χ4v) is 2.49. The number of hydrogen-bond acceptors (Lipinski definition) is 5. The van der Waals surface area contributed by atoms with Crippen molar-refractivity contribution in [2.75, 3.05) is 0 Å². The van der Waals surface area contributed by atoms with Crippen molar-refractivity contribution < 1.29 is 32.0 Å². The maximum absolute atomic E-state index is 13.4. The number of nitrogens with zero attached hydrogens (tertiary/aromatic N) is 1. The van der Waals surface area contributed by atoms with Gasteiger partial charge in [-0.1, -0.05) is 0 Å². The maximum Gasteiger partial charge on any atom is 0.321 e. The number of carboxylic acids is 1. The Labute approximate surface area is 111 Å². The lowest BCUT2D eigenvalue weighted by Gasteiger charge is -2.10. The minimum Gasteiger partial charge on any atom is -0.480 e. The summed E-state index contributed by atoms with van der Waals surface area (Å²) in [5.74, 6) is -4.65. The highest BCUT2D eigenvalue weighted by Crippen LogP contribution is 2.24. The molecule has 1 aromatic carbocycles. The zero-order chi connectivity index (χ0) is 15.7. The van der Waals surface area contributed by atoms with E-state index in [-0.39, 0.29) is 12.1 Å². The van der Waals surface area contributed by atoms with Gasteiger partial charge in [-0.05, 0) is 6.92 Å². The van der Waals surface area contributed by atoms with Crippen LogP contribution in [0.4, 0.5) is 14.5 Å². The lowest BCUT2D eigenvalue weighted by molar-refractivity contribution is -0.387. The van der Waals surface area contributed by atoms with Gasteiger partial charge < -0.3 is 5.11 Å². The lowest BCUT2D eigenvalue weighted by atomic mass is 10.3. The molecule has 110 valence electrons. The molecule has 0 aliphatic heterocycles. The summed E-state index contributed by atoms with van der Waals surface area (Å²) in [7, 11) is -4.68. The Morgan fingerprint density at radius 2 is 1.95 bits per heavy atom. The van der Waals surface area contributed by atoms with Crippen molar-refractivity contribution in [2.24, 2.45) is 0 Å². The van der Waals surface area contributed by atoms with Gasteiger partial charge in [0.05, 0.1) is 4.92 Å². The molecule has 8 nitrogen and oxygen atoms in total. The van der Waals surface area contributed by atoms with Gasteiger partial charge >= 0.3 is 11.7 Å². The van der Waals surface area contributed by atoms with Gasteiger partial charge in [0.25, 0.3) is 0 Å². The van der Waals surface area contributed by atoms with Crippen LogP contribution in [-0.4, -0.2) is 30.5 Å². The van der Waals surface area contributed by atoms with E-state index in [4.69, 9.17) is 5.11 Å². The number of nitro benzene ring substituents is 1. The number of aliphatic carboxylic acids is 1. The highest BCUT2D eigenvalue weighted by Gasteiger charge is 2.28. The van der Waals surface area contributed by atoms with Crippen LogP contribution < -0.4 is 4.72 Å². The highest BCUT2D eigenvalue weighted by molar-refractivity contribution is 7.89. The second-order valence-electron chi connectivity index (χ2n) is 3.67. The summed E-state index contributed by atoms with van der Waals surface area (Å²) >= 11 is 0. The molecule has 0 saturated heterocycles. The number of nitro groups is 1. The third-order valence-corrected chi connectivity index (χ3v) is 3.75. The zero-order valence-electron chi connectivity index (χ0n) is 9.83. The second kappa shape index (κ2) is 5.46. The SMILES string of the molecule is CC(NS(=O)(=O)c1cc([N+](=O)[O-])c(F)cc1F)C(=O)O. The van der Waals surface area contributed by atoms with Crippen molar-refractivity contribution >= 4 is 21.7 Å². The normalized spacial score (nSPS) is 12.9. The van der Waals surface area contributed by atoms with Crippen LogP contribution in [0.2, 0.25) is 0 Å². The van der Waals surface area contributed by atoms with E-state index in [1.54, 1.807) is 4.72 Å². The molecule has 0 amide bonds. The third-order valence-electron chi connectivity index (χ3n) is 2.19. The monoisotopic (exact) mass is 310 g/mol. The van der Waals surface area contributed by atoms with Crippen LogP contribution in [0.1, 0.15) is 6.92 Å². The summed E-state index contributed by atoms with van der Waals surface area (Å²) in [4.78, 5) is 18.6. The molecule has 1 rings (SSSR count). The molecule has 0 saturated carbocycles. The van der Waals surface area contributed by atoms with Crippen LogP contribution in [0, 0.1) is 21.7 Å². The minimum absolute atomic E-state index is 0.0398. The number of carbonyl (C=O) groups is 1. The smallest absolute Gasteiger partial charge is 0.321 e. The number of rotatable bonds is 5. The Balaban J connectivity index is 3.35. The highest BCUT2D eigenvalue weighted by atomic mass is 32.2. The molecule has 11 heteroatoms. The third kappa shape index (κ3) is 3.24. The molecule has 0 radical (unpaired) electrons. The first-order valence-corrected chi connectivity index (χ1v) is 6.43. The Kier molecular flexibility index (Phi) is 4.35. The van der Waals surface area contributed by atoms with E-state index >= 15 is 0 Å². The molecule has 0 aromatic heterocycles. The fraction of sp³-hybridized carbons (Fsp3) is 0.222. The largest absolute Gasteiger partial charge is 0.480 e. The van der Waals surface area contributed by atoms with Gasteiger partial charge in [0, 0.05) is 12.1 Å². The van der Waals surface area contributed by atoms with E-state index in [9.17, 15) is 32.1 Å². The van der Waals surface area contributed by atoms with Crippen LogP contribution in [0.5, 0.6) is 0 Å². The van der Waals surface area contributed by atoms with Crippen molar-refractivity contribution in [1.82, 2.24) is 4.72 Å². The Morgan fingerprint density at radius 3 is 2.40 bits per heavy atom. The lowest BCUT2D eigenvalue weighted by Crippen LogP contribution is -2.38.